The number of hydrogen-bond acceptors (Lipinski definition) is 4. The monoisotopic (exact) mass is 244 g/mol. The maximum atomic E-state index is 11.4. The topological polar surface area (TPSA) is 89.3 Å². The summed E-state index contributed by atoms with van der Waals surface area (Å²) >= 11 is 0. The molecule has 0 aliphatic heterocycles. The number of hydrogen-bond donors (Lipinski definition) is 1. The predicted octanol–water partition coefficient (Wildman–Crippen LogP) is 1.03. The summed E-state index contributed by atoms with van der Waals surface area (Å²) in [6, 6.07) is 5.45. The molecule has 0 heterocycles. The second kappa shape index (κ2) is 5.04. The Kier molecular flexibility index (Phi) is 3.97. The lowest BCUT2D eigenvalue weighted by atomic mass is 10.2. The molecule has 7 heteroatoms. The van der Waals surface area contributed by atoms with Gasteiger partial charge in [-0.25, -0.2) is 13.1 Å². The highest BCUT2D eigenvalue weighted by atomic mass is 32.2. The zero-order valence-electron chi connectivity index (χ0n) is 8.71. The summed E-state index contributed by atoms with van der Waals surface area (Å²) in [7, 11) is -3.34. The van der Waals surface area contributed by atoms with E-state index in [9.17, 15) is 18.5 Å². The van der Waals surface area contributed by atoms with Gasteiger partial charge in [-0.3, -0.25) is 10.1 Å². The molecule has 0 radical (unpaired) electrons. The molecule has 1 aromatic carbocycles. The molecule has 0 atom stereocenters. The number of nitrogens with one attached hydrogen (secondary N) is 1. The van der Waals surface area contributed by atoms with Crippen molar-refractivity contribution >= 4 is 15.7 Å². The van der Waals surface area contributed by atoms with E-state index in [2.05, 4.69) is 4.72 Å². The van der Waals surface area contributed by atoms with E-state index < -0.39 is 14.9 Å². The molecule has 1 rings (SSSR count). The van der Waals surface area contributed by atoms with Crippen molar-refractivity contribution in [2.45, 2.75) is 12.7 Å². The van der Waals surface area contributed by atoms with E-state index in [1.807, 2.05) is 0 Å². The minimum Gasteiger partial charge on any atom is -0.258 e. The Morgan fingerprint density at radius 2 is 1.88 bits per heavy atom. The minimum absolute atomic E-state index is 0.0513. The molecule has 1 aromatic rings. The lowest BCUT2D eigenvalue weighted by Crippen LogP contribution is -2.24. The van der Waals surface area contributed by atoms with Gasteiger partial charge in [-0.2, -0.15) is 0 Å². The summed E-state index contributed by atoms with van der Waals surface area (Å²) in [5.74, 6) is -0.168. The van der Waals surface area contributed by atoms with Crippen LogP contribution in [0.25, 0.3) is 0 Å². The van der Waals surface area contributed by atoms with Crippen molar-refractivity contribution in [3.05, 3.63) is 39.9 Å². The highest BCUT2D eigenvalue weighted by Crippen LogP contribution is 2.13. The third-order valence-corrected chi connectivity index (χ3v) is 3.31. The Hall–Kier alpha value is -1.47. The van der Waals surface area contributed by atoms with Gasteiger partial charge in [0.25, 0.3) is 5.69 Å². The lowest BCUT2D eigenvalue weighted by Gasteiger charge is -2.03. The standard InChI is InChI=1S/C9H12N2O4S/c1-2-10-16(14,15)7-8-3-5-9(6-4-8)11(12)13/h3-6,10H,2,7H2,1H3. The van der Waals surface area contributed by atoms with E-state index >= 15 is 0 Å². The van der Waals surface area contributed by atoms with Gasteiger partial charge in [-0.1, -0.05) is 19.1 Å². The number of nitro benzene ring substituents is 1. The second-order valence-corrected chi connectivity index (χ2v) is 4.99. The van der Waals surface area contributed by atoms with E-state index in [0.717, 1.165) is 0 Å². The van der Waals surface area contributed by atoms with Crippen LogP contribution in [-0.2, 0) is 15.8 Å². The van der Waals surface area contributed by atoms with Gasteiger partial charge < -0.3 is 0 Å². The smallest absolute Gasteiger partial charge is 0.258 e. The fourth-order valence-corrected chi connectivity index (χ4v) is 2.38. The van der Waals surface area contributed by atoms with Gasteiger partial charge >= 0.3 is 0 Å². The van der Waals surface area contributed by atoms with Crippen LogP contribution in [0.4, 0.5) is 5.69 Å². The number of nitrogens with zero attached hydrogens (tertiary/aromatic N) is 1. The van der Waals surface area contributed by atoms with Crippen LogP contribution in [0.5, 0.6) is 0 Å². The lowest BCUT2D eigenvalue weighted by molar-refractivity contribution is -0.384. The molecule has 88 valence electrons. The summed E-state index contributed by atoms with van der Waals surface area (Å²) in [5, 5.41) is 10.4. The number of non-ortho nitro benzene ring substituents is 1. The van der Waals surface area contributed by atoms with Crippen LogP contribution in [0.1, 0.15) is 12.5 Å². The van der Waals surface area contributed by atoms with Crippen LogP contribution in [0.3, 0.4) is 0 Å². The van der Waals surface area contributed by atoms with E-state index in [1.165, 1.54) is 24.3 Å². The number of benzene rings is 1. The summed E-state index contributed by atoms with van der Waals surface area (Å²) in [5.41, 5.74) is 0.469. The van der Waals surface area contributed by atoms with Crippen LogP contribution < -0.4 is 4.72 Å². The third-order valence-electron chi connectivity index (χ3n) is 1.87. The first-order valence-electron chi connectivity index (χ1n) is 4.65. The van der Waals surface area contributed by atoms with Crippen LogP contribution in [0.2, 0.25) is 0 Å². The Morgan fingerprint density at radius 3 is 2.31 bits per heavy atom. The molecular weight excluding hydrogens is 232 g/mol. The van der Waals surface area contributed by atoms with Crippen molar-refractivity contribution in [3.8, 4) is 0 Å². The molecule has 0 aliphatic carbocycles. The molecule has 0 saturated carbocycles. The van der Waals surface area contributed by atoms with Crippen LogP contribution in [-0.4, -0.2) is 19.9 Å². The minimum atomic E-state index is -3.34. The van der Waals surface area contributed by atoms with Gasteiger partial charge in [-0.05, 0) is 5.56 Å². The van der Waals surface area contributed by atoms with Crippen LogP contribution in [0, 0.1) is 10.1 Å². The number of nitro groups is 1. The average molecular weight is 244 g/mol. The van der Waals surface area contributed by atoms with Gasteiger partial charge in [0.05, 0.1) is 10.7 Å². The normalized spacial score (nSPS) is 11.3. The second-order valence-electron chi connectivity index (χ2n) is 3.18. The molecule has 0 amide bonds. The van der Waals surface area contributed by atoms with Gasteiger partial charge in [0.1, 0.15) is 0 Å². The first-order valence-corrected chi connectivity index (χ1v) is 6.30. The average Bonchev–Trinajstić information content (AvgIpc) is 2.17. The SMILES string of the molecule is CCNS(=O)(=O)Cc1ccc([N+](=O)[O-])cc1. The molecule has 0 aliphatic rings. The van der Waals surface area contributed by atoms with Crippen LogP contribution in [0.15, 0.2) is 24.3 Å². The van der Waals surface area contributed by atoms with Crippen molar-refractivity contribution in [3.63, 3.8) is 0 Å². The van der Waals surface area contributed by atoms with Crippen molar-refractivity contribution in [2.24, 2.45) is 0 Å². The van der Waals surface area contributed by atoms with Crippen molar-refractivity contribution in [1.82, 2.24) is 4.72 Å². The molecule has 6 nitrogen and oxygen atoms in total. The van der Waals surface area contributed by atoms with Crippen molar-refractivity contribution < 1.29 is 13.3 Å². The number of rotatable bonds is 5. The zero-order chi connectivity index (χ0) is 12.2. The van der Waals surface area contributed by atoms with Gasteiger partial charge in [0, 0.05) is 18.7 Å². The van der Waals surface area contributed by atoms with Crippen molar-refractivity contribution in [1.29, 1.82) is 0 Å². The van der Waals surface area contributed by atoms with Gasteiger partial charge in [0.2, 0.25) is 10.0 Å². The summed E-state index contributed by atoms with van der Waals surface area (Å²) < 4.78 is 25.1. The summed E-state index contributed by atoms with van der Waals surface area (Å²) in [4.78, 5) is 9.85. The Morgan fingerprint density at radius 1 is 1.31 bits per heavy atom. The highest BCUT2D eigenvalue weighted by Gasteiger charge is 2.11. The predicted molar refractivity (Wildman–Crippen MR) is 59.4 cm³/mol. The molecule has 0 saturated heterocycles. The molecular formula is C9H12N2O4S. The first kappa shape index (κ1) is 12.6. The number of sulfonamides is 1. The third kappa shape index (κ3) is 3.59. The highest BCUT2D eigenvalue weighted by molar-refractivity contribution is 7.88. The van der Waals surface area contributed by atoms with Crippen molar-refractivity contribution in [2.75, 3.05) is 6.54 Å². The summed E-state index contributed by atoms with van der Waals surface area (Å²) in [6.07, 6.45) is 0. The quantitative estimate of drug-likeness (QED) is 0.619. The fourth-order valence-electron chi connectivity index (χ4n) is 1.20. The Labute approximate surface area is 93.5 Å². The van der Waals surface area contributed by atoms with Gasteiger partial charge in [-0.15, -0.1) is 0 Å². The first-order chi connectivity index (χ1) is 7.44. The molecule has 0 spiro atoms. The zero-order valence-corrected chi connectivity index (χ0v) is 9.53. The molecule has 0 aromatic heterocycles. The van der Waals surface area contributed by atoms with E-state index in [1.54, 1.807) is 6.92 Å². The van der Waals surface area contributed by atoms with E-state index in [4.69, 9.17) is 0 Å². The maximum Gasteiger partial charge on any atom is 0.269 e. The van der Waals surface area contributed by atoms with Crippen LogP contribution >= 0.6 is 0 Å². The fraction of sp³-hybridized carbons (Fsp3) is 0.333. The Balaban J connectivity index is 2.80. The van der Waals surface area contributed by atoms with Gasteiger partial charge in [0.15, 0.2) is 0 Å². The van der Waals surface area contributed by atoms with E-state index in [0.29, 0.717) is 12.1 Å². The molecule has 0 fully saturated rings. The summed E-state index contributed by atoms with van der Waals surface area (Å²) in [6.45, 7) is 2.02. The largest absolute Gasteiger partial charge is 0.269 e. The molecule has 0 unspecified atom stereocenters. The Bertz CT molecular complexity index is 467. The molecule has 0 bridgehead atoms. The maximum absolute atomic E-state index is 11.4. The molecule has 16 heavy (non-hydrogen) atoms. The van der Waals surface area contributed by atoms with E-state index in [-0.39, 0.29) is 11.4 Å². The molecule has 1 N–H and O–H groups in total.